The van der Waals surface area contributed by atoms with Crippen molar-refractivity contribution in [3.05, 3.63) is 18.2 Å². The molecule has 0 aromatic carbocycles. The van der Waals surface area contributed by atoms with E-state index in [1.54, 1.807) is 0 Å². The van der Waals surface area contributed by atoms with Crippen LogP contribution in [0.25, 0.3) is 0 Å². The molecular formula is C5H2N4O2S. The van der Waals surface area contributed by atoms with Crippen LogP contribution >= 0.6 is 0 Å². The lowest BCUT2D eigenvalue weighted by Gasteiger charge is -1.87. The van der Waals surface area contributed by atoms with Gasteiger partial charge in [0.15, 0.2) is 0 Å². The predicted octanol–water partition coefficient (Wildman–Crippen LogP) is -0.0690. The summed E-state index contributed by atoms with van der Waals surface area (Å²) in [5, 5.41) is 7.00. The van der Waals surface area contributed by atoms with Gasteiger partial charge < -0.3 is 0 Å². The van der Waals surface area contributed by atoms with E-state index in [4.69, 9.17) is 0 Å². The normalized spacial score (nSPS) is 13.2. The van der Waals surface area contributed by atoms with Crippen molar-refractivity contribution in [3.8, 4) is 0 Å². The Balaban J connectivity index is 2.81. The number of aromatic nitrogens is 2. The highest BCUT2D eigenvalue weighted by molar-refractivity contribution is 7.73. The molecule has 2 heterocycles. The van der Waals surface area contributed by atoms with Gasteiger partial charge in [0.2, 0.25) is 15.3 Å². The molecule has 0 unspecified atom stereocenters. The van der Waals surface area contributed by atoms with E-state index in [9.17, 15) is 8.42 Å². The molecule has 1 aliphatic rings. The van der Waals surface area contributed by atoms with E-state index in [1.807, 2.05) is 0 Å². The van der Waals surface area contributed by atoms with E-state index in [0.29, 0.717) is 5.69 Å². The van der Waals surface area contributed by atoms with E-state index < -0.39 is 10.3 Å². The summed E-state index contributed by atoms with van der Waals surface area (Å²) < 4.78 is 21.0. The molecule has 12 heavy (non-hydrogen) atoms. The summed E-state index contributed by atoms with van der Waals surface area (Å²) in [4.78, 5) is 7.27. The topological polar surface area (TPSA) is 84.6 Å². The third-order valence-electron chi connectivity index (χ3n) is 1.30. The molecule has 0 bridgehead atoms. The van der Waals surface area contributed by atoms with Gasteiger partial charge in [-0.05, 0) is 0 Å². The van der Waals surface area contributed by atoms with Gasteiger partial charge in [-0.2, -0.15) is 8.42 Å². The molecule has 60 valence electrons. The monoisotopic (exact) mass is 182 g/mol. The van der Waals surface area contributed by atoms with Crippen LogP contribution in [-0.4, -0.2) is 23.4 Å². The van der Waals surface area contributed by atoms with Gasteiger partial charge >= 0.3 is 0 Å². The molecule has 7 heteroatoms. The minimum Gasteiger partial charge on any atom is -0.242 e. The van der Waals surface area contributed by atoms with Gasteiger partial charge in [-0.25, -0.2) is 9.97 Å². The van der Waals surface area contributed by atoms with Crippen LogP contribution in [0.3, 0.4) is 0 Å². The zero-order valence-corrected chi connectivity index (χ0v) is 6.48. The Bertz CT molecular complexity index is 482. The van der Waals surface area contributed by atoms with Crippen LogP contribution in [0, 0.1) is 0 Å². The van der Waals surface area contributed by atoms with Crippen molar-refractivity contribution in [2.75, 3.05) is 0 Å². The molecule has 1 aliphatic heterocycles. The third kappa shape index (κ3) is 0.909. The smallest absolute Gasteiger partial charge is 0.242 e. The summed E-state index contributed by atoms with van der Waals surface area (Å²) >= 11 is 0. The number of nitrogens with zero attached hydrogens (tertiary/aromatic N) is 4. The van der Waals surface area contributed by atoms with E-state index in [2.05, 4.69) is 20.2 Å². The first-order valence-corrected chi connectivity index (χ1v) is 4.05. The Morgan fingerprint density at radius 2 is 2.08 bits per heavy atom. The lowest BCUT2D eigenvalue weighted by Crippen LogP contribution is -1.97. The molecule has 1 aromatic rings. The van der Waals surface area contributed by atoms with Crippen LogP contribution < -0.4 is 0 Å². The molecule has 0 fully saturated rings. The SMILES string of the molecule is O=S(=O)=C1N=Nc2cncnc21. The maximum Gasteiger partial charge on any atom is 0.244 e. The van der Waals surface area contributed by atoms with E-state index in [0.717, 1.165) is 0 Å². The highest BCUT2D eigenvalue weighted by atomic mass is 32.2. The van der Waals surface area contributed by atoms with Gasteiger partial charge in [0, 0.05) is 0 Å². The average molecular weight is 182 g/mol. The fraction of sp³-hybridized carbons (Fsp3) is 0. The Labute approximate surface area is 68.5 Å². The summed E-state index contributed by atoms with van der Waals surface area (Å²) in [6.45, 7) is 0. The van der Waals surface area contributed by atoms with Crippen LogP contribution in [0.5, 0.6) is 0 Å². The quantitative estimate of drug-likeness (QED) is 0.525. The van der Waals surface area contributed by atoms with Crippen molar-refractivity contribution in [1.29, 1.82) is 0 Å². The molecule has 0 N–H and O–H groups in total. The van der Waals surface area contributed by atoms with Gasteiger partial charge in [-0.3, -0.25) is 0 Å². The van der Waals surface area contributed by atoms with Gasteiger partial charge in [-0.15, -0.1) is 10.2 Å². The summed E-state index contributed by atoms with van der Waals surface area (Å²) in [6, 6.07) is 0. The third-order valence-corrected chi connectivity index (χ3v) is 1.89. The first-order chi connectivity index (χ1) is 5.79. The molecule has 0 atom stereocenters. The second-order valence-corrected chi connectivity index (χ2v) is 2.85. The van der Waals surface area contributed by atoms with Crippen LogP contribution in [0.1, 0.15) is 5.69 Å². The Kier molecular flexibility index (Phi) is 1.44. The molecule has 2 rings (SSSR count). The Morgan fingerprint density at radius 3 is 2.83 bits per heavy atom. The van der Waals surface area contributed by atoms with Gasteiger partial charge in [-0.1, -0.05) is 0 Å². The van der Waals surface area contributed by atoms with Crippen molar-refractivity contribution < 1.29 is 8.42 Å². The Hall–Kier alpha value is -1.63. The summed E-state index contributed by atoms with van der Waals surface area (Å²) in [7, 11) is -2.39. The maximum atomic E-state index is 10.5. The van der Waals surface area contributed by atoms with Crippen LogP contribution in [0.4, 0.5) is 5.69 Å². The molecule has 0 saturated carbocycles. The van der Waals surface area contributed by atoms with Crippen molar-refractivity contribution in [2.45, 2.75) is 0 Å². The summed E-state index contributed by atoms with van der Waals surface area (Å²) in [5.41, 5.74) is 0.648. The minimum atomic E-state index is -2.39. The fourth-order valence-electron chi connectivity index (χ4n) is 0.819. The lowest BCUT2D eigenvalue weighted by atomic mass is 10.4. The van der Waals surface area contributed by atoms with Crippen LogP contribution in [0.15, 0.2) is 22.8 Å². The van der Waals surface area contributed by atoms with Crippen molar-refractivity contribution in [3.63, 3.8) is 0 Å². The number of azo groups is 1. The zero-order valence-electron chi connectivity index (χ0n) is 5.67. The average Bonchev–Trinajstić information content (AvgIpc) is 2.47. The largest absolute Gasteiger partial charge is 0.244 e. The second kappa shape index (κ2) is 2.45. The first kappa shape index (κ1) is 7.04. The highest BCUT2D eigenvalue weighted by Gasteiger charge is 2.17. The highest BCUT2D eigenvalue weighted by Crippen LogP contribution is 2.22. The van der Waals surface area contributed by atoms with Crippen molar-refractivity contribution >= 4 is 21.0 Å². The first-order valence-electron chi connectivity index (χ1n) is 2.97. The van der Waals surface area contributed by atoms with Crippen molar-refractivity contribution in [1.82, 2.24) is 9.97 Å². The Morgan fingerprint density at radius 1 is 1.25 bits per heavy atom. The van der Waals surface area contributed by atoms with Gasteiger partial charge in [0.05, 0.1) is 6.20 Å². The molecule has 0 amide bonds. The number of hydrogen-bond acceptors (Lipinski definition) is 5. The summed E-state index contributed by atoms with van der Waals surface area (Å²) in [5.74, 6) is 0. The van der Waals surface area contributed by atoms with E-state index >= 15 is 0 Å². The lowest BCUT2D eigenvalue weighted by molar-refractivity contribution is 0.627. The molecule has 6 nitrogen and oxygen atoms in total. The fourth-order valence-corrected chi connectivity index (χ4v) is 1.24. The van der Waals surface area contributed by atoms with Gasteiger partial charge in [0.25, 0.3) is 0 Å². The minimum absolute atomic E-state index is 0.132. The summed E-state index contributed by atoms with van der Waals surface area (Å²) in [6.07, 6.45) is 2.66. The maximum absolute atomic E-state index is 10.5. The zero-order chi connectivity index (χ0) is 8.55. The number of hydrogen-bond donors (Lipinski definition) is 0. The molecular weight excluding hydrogens is 180 g/mol. The molecule has 0 spiro atoms. The molecule has 0 aliphatic carbocycles. The van der Waals surface area contributed by atoms with E-state index in [1.165, 1.54) is 12.5 Å². The number of fused-ring (bicyclic) bond motifs is 1. The van der Waals surface area contributed by atoms with Crippen molar-refractivity contribution in [2.24, 2.45) is 10.2 Å². The molecule has 0 saturated heterocycles. The van der Waals surface area contributed by atoms with Crippen LogP contribution in [-0.2, 0) is 10.3 Å². The number of rotatable bonds is 0. The molecule has 1 aromatic heterocycles. The predicted molar refractivity (Wildman–Crippen MR) is 39.6 cm³/mol. The second-order valence-electron chi connectivity index (χ2n) is 2.00. The van der Waals surface area contributed by atoms with E-state index in [-0.39, 0.29) is 10.7 Å². The molecule has 0 radical (unpaired) electrons. The van der Waals surface area contributed by atoms with Gasteiger partial charge in [0.1, 0.15) is 17.7 Å². The van der Waals surface area contributed by atoms with Crippen LogP contribution in [0.2, 0.25) is 0 Å². The standard InChI is InChI=1S/C5H2N4O2S/c10-12(11)5-4-3(8-9-5)1-6-2-7-4/h1-2H.